The highest BCUT2D eigenvalue weighted by atomic mass is 79.9. The Morgan fingerprint density at radius 3 is 2.39 bits per heavy atom. The van der Waals surface area contributed by atoms with E-state index in [-0.39, 0.29) is 0 Å². The summed E-state index contributed by atoms with van der Waals surface area (Å²) in [4.78, 5) is 0. The molecule has 1 N–H and O–H groups in total. The number of nitrogens with one attached hydrogen (secondary N) is 1. The van der Waals surface area contributed by atoms with Gasteiger partial charge in [-0.15, -0.1) is 0 Å². The molecule has 1 fully saturated rings. The largest absolute Gasteiger partial charge is 0.379 e. The molecular weight excluding hydrogens is 442 g/mol. The maximum absolute atomic E-state index is 3.70. The van der Waals surface area contributed by atoms with Crippen LogP contribution in [0.4, 0.5) is 5.69 Å². The molecule has 1 nitrogen and oxygen atoms in total. The normalized spacial score (nSPS) is 22.8. The summed E-state index contributed by atoms with van der Waals surface area (Å²) >= 11 is 12.8. The lowest BCUT2D eigenvalue weighted by molar-refractivity contribution is 0.305. The molecule has 18 heavy (non-hydrogen) atoms. The van der Waals surface area contributed by atoms with Crippen molar-refractivity contribution in [2.75, 3.05) is 16.8 Å². The Bertz CT molecular complexity index is 425. The number of rotatable bonds is 2. The molecule has 1 aromatic rings. The van der Waals surface area contributed by atoms with E-state index >= 15 is 0 Å². The first-order valence-electron chi connectivity index (χ1n) is 5.89. The topological polar surface area (TPSA) is 12.0 Å². The Balaban J connectivity index is 2.23. The third-order valence-corrected chi connectivity index (χ3v) is 6.21. The SMILES string of the molecule is CC1(C)CCSCC1Nc1c(Br)cc(Br)cc1Br. The van der Waals surface area contributed by atoms with Gasteiger partial charge in [-0.2, -0.15) is 11.8 Å². The maximum Gasteiger partial charge on any atom is 0.0632 e. The molecule has 100 valence electrons. The molecule has 1 saturated heterocycles. The highest BCUT2D eigenvalue weighted by Gasteiger charge is 2.33. The first-order valence-corrected chi connectivity index (χ1v) is 9.42. The van der Waals surface area contributed by atoms with Gasteiger partial charge < -0.3 is 5.32 Å². The number of halogens is 3. The fourth-order valence-corrected chi connectivity index (χ4v) is 6.12. The quantitative estimate of drug-likeness (QED) is 0.591. The number of hydrogen-bond acceptors (Lipinski definition) is 2. The fraction of sp³-hybridized carbons (Fsp3) is 0.538. The average molecular weight is 458 g/mol. The molecule has 1 unspecified atom stereocenters. The second-order valence-corrected chi connectivity index (χ2v) is 9.03. The van der Waals surface area contributed by atoms with E-state index < -0.39 is 0 Å². The molecule has 1 atom stereocenters. The Morgan fingerprint density at radius 1 is 1.22 bits per heavy atom. The molecule has 1 aliphatic rings. The van der Waals surface area contributed by atoms with Crippen molar-refractivity contribution in [1.29, 1.82) is 0 Å². The standard InChI is InChI=1S/C13H16Br3NS/c1-13(2)3-4-18-7-11(13)17-12-9(15)5-8(14)6-10(12)16/h5-6,11,17H,3-4,7H2,1-2H3. The lowest BCUT2D eigenvalue weighted by Crippen LogP contribution is -2.41. The van der Waals surface area contributed by atoms with E-state index in [4.69, 9.17) is 0 Å². The van der Waals surface area contributed by atoms with Crippen LogP contribution in [0.5, 0.6) is 0 Å². The number of benzene rings is 1. The van der Waals surface area contributed by atoms with Crippen LogP contribution in [0.3, 0.4) is 0 Å². The summed E-state index contributed by atoms with van der Waals surface area (Å²) < 4.78 is 3.26. The van der Waals surface area contributed by atoms with E-state index in [9.17, 15) is 0 Å². The Morgan fingerprint density at radius 2 is 1.83 bits per heavy atom. The van der Waals surface area contributed by atoms with Crippen LogP contribution >= 0.6 is 59.6 Å². The summed E-state index contributed by atoms with van der Waals surface area (Å²) in [6.45, 7) is 4.70. The zero-order valence-electron chi connectivity index (χ0n) is 10.4. The van der Waals surface area contributed by atoms with Crippen LogP contribution in [0.15, 0.2) is 25.6 Å². The lowest BCUT2D eigenvalue weighted by Gasteiger charge is -2.39. The summed E-state index contributed by atoms with van der Waals surface area (Å²) in [5.74, 6) is 2.44. The molecule has 2 rings (SSSR count). The summed E-state index contributed by atoms with van der Waals surface area (Å²) in [6, 6.07) is 4.66. The highest BCUT2D eigenvalue weighted by molar-refractivity contribution is 9.11. The van der Waals surface area contributed by atoms with Crippen molar-refractivity contribution in [1.82, 2.24) is 0 Å². The van der Waals surface area contributed by atoms with Gasteiger partial charge in [0.1, 0.15) is 0 Å². The van der Waals surface area contributed by atoms with E-state index in [2.05, 4.69) is 79.1 Å². The molecule has 1 aromatic carbocycles. The van der Waals surface area contributed by atoms with Gasteiger partial charge in [-0.1, -0.05) is 29.8 Å². The van der Waals surface area contributed by atoms with E-state index in [1.54, 1.807) is 0 Å². The van der Waals surface area contributed by atoms with Crippen LogP contribution in [-0.2, 0) is 0 Å². The molecule has 0 saturated carbocycles. The number of thioether (sulfide) groups is 1. The second-order valence-electron chi connectivity index (χ2n) is 5.25. The van der Waals surface area contributed by atoms with Crippen molar-refractivity contribution in [3.63, 3.8) is 0 Å². The van der Waals surface area contributed by atoms with E-state index in [0.717, 1.165) is 19.1 Å². The van der Waals surface area contributed by atoms with E-state index in [1.165, 1.54) is 17.9 Å². The smallest absolute Gasteiger partial charge is 0.0632 e. The van der Waals surface area contributed by atoms with Crippen molar-refractivity contribution in [2.24, 2.45) is 5.41 Å². The third-order valence-electron chi connectivity index (χ3n) is 3.44. The maximum atomic E-state index is 3.70. The summed E-state index contributed by atoms with van der Waals surface area (Å²) in [5, 5.41) is 3.70. The van der Waals surface area contributed by atoms with Crippen molar-refractivity contribution in [3.05, 3.63) is 25.6 Å². The fourth-order valence-electron chi connectivity index (χ4n) is 2.03. The molecule has 0 amide bonds. The summed E-state index contributed by atoms with van der Waals surface area (Å²) in [6.07, 6.45) is 1.26. The molecule has 0 radical (unpaired) electrons. The number of hydrogen-bond donors (Lipinski definition) is 1. The molecule has 1 aliphatic heterocycles. The van der Waals surface area contributed by atoms with Crippen LogP contribution in [0, 0.1) is 5.41 Å². The van der Waals surface area contributed by atoms with Gasteiger partial charge in [0, 0.05) is 25.2 Å². The summed E-state index contributed by atoms with van der Waals surface area (Å²) in [5.41, 5.74) is 1.50. The number of anilines is 1. The van der Waals surface area contributed by atoms with Gasteiger partial charge in [0.15, 0.2) is 0 Å². The monoisotopic (exact) mass is 455 g/mol. The predicted molar refractivity (Wildman–Crippen MR) is 92.7 cm³/mol. The van der Waals surface area contributed by atoms with Gasteiger partial charge >= 0.3 is 0 Å². The molecule has 0 bridgehead atoms. The lowest BCUT2D eigenvalue weighted by atomic mass is 9.82. The van der Waals surface area contributed by atoms with E-state index in [0.29, 0.717) is 11.5 Å². The Hall–Kier alpha value is 0.810. The minimum Gasteiger partial charge on any atom is -0.379 e. The van der Waals surface area contributed by atoms with Crippen molar-refractivity contribution in [3.8, 4) is 0 Å². The van der Waals surface area contributed by atoms with Crippen LogP contribution < -0.4 is 5.32 Å². The van der Waals surface area contributed by atoms with E-state index in [1.807, 2.05) is 11.8 Å². The zero-order valence-corrected chi connectivity index (χ0v) is 16.0. The van der Waals surface area contributed by atoms with Gasteiger partial charge in [0.2, 0.25) is 0 Å². The van der Waals surface area contributed by atoms with Crippen LogP contribution in [-0.4, -0.2) is 17.5 Å². The first-order chi connectivity index (χ1) is 8.40. The minimum atomic E-state index is 0.344. The van der Waals surface area contributed by atoms with Crippen LogP contribution in [0.25, 0.3) is 0 Å². The van der Waals surface area contributed by atoms with Gasteiger partial charge in [-0.3, -0.25) is 0 Å². The predicted octanol–water partition coefficient (Wildman–Crippen LogP) is 5.92. The molecule has 5 heteroatoms. The molecule has 0 spiro atoms. The molecular formula is C13H16Br3NS. The molecule has 1 heterocycles. The highest BCUT2D eigenvalue weighted by Crippen LogP contribution is 2.40. The molecule has 0 aliphatic carbocycles. The zero-order chi connectivity index (χ0) is 13.3. The average Bonchev–Trinajstić information content (AvgIpc) is 2.24. The van der Waals surface area contributed by atoms with Crippen LogP contribution in [0.1, 0.15) is 20.3 Å². The molecule has 0 aromatic heterocycles. The minimum absolute atomic E-state index is 0.344. The van der Waals surface area contributed by atoms with Crippen molar-refractivity contribution in [2.45, 2.75) is 26.3 Å². The summed E-state index contributed by atoms with van der Waals surface area (Å²) in [7, 11) is 0. The second kappa shape index (κ2) is 6.06. The Kier molecular flexibility index (Phi) is 5.12. The van der Waals surface area contributed by atoms with Gasteiger partial charge in [-0.25, -0.2) is 0 Å². The van der Waals surface area contributed by atoms with Gasteiger partial charge in [-0.05, 0) is 61.6 Å². The Labute approximate surface area is 138 Å². The third kappa shape index (κ3) is 3.47. The van der Waals surface area contributed by atoms with Crippen molar-refractivity contribution >= 4 is 65.2 Å². The van der Waals surface area contributed by atoms with Crippen molar-refractivity contribution < 1.29 is 0 Å². The van der Waals surface area contributed by atoms with Gasteiger partial charge in [0.25, 0.3) is 0 Å². The van der Waals surface area contributed by atoms with Crippen LogP contribution in [0.2, 0.25) is 0 Å². The van der Waals surface area contributed by atoms with Gasteiger partial charge in [0.05, 0.1) is 5.69 Å². The first kappa shape index (κ1) is 15.2.